The first-order valence-electron chi connectivity index (χ1n) is 4.88. The smallest absolute Gasteiger partial charge is 0.0798 e. The summed E-state index contributed by atoms with van der Waals surface area (Å²) in [4.78, 5) is 5.55. The average Bonchev–Trinajstić information content (AvgIpc) is 2.84. The number of nitrogens with one attached hydrogen (secondary N) is 2. The largest absolute Gasteiger partial charge is 0.305 e. The van der Waals surface area contributed by atoms with Crippen LogP contribution in [0, 0.1) is 6.92 Å². The van der Waals surface area contributed by atoms with Gasteiger partial charge in [0, 0.05) is 29.2 Å². The minimum Gasteiger partial charge on any atom is -0.305 e. The Morgan fingerprint density at radius 2 is 2.47 bits per heavy atom. The fourth-order valence-corrected chi connectivity index (χ4v) is 2.30. The molecule has 2 rings (SSSR count). The van der Waals surface area contributed by atoms with Crippen molar-refractivity contribution in [3.63, 3.8) is 0 Å². The Morgan fingerprint density at radius 3 is 3.07 bits per heavy atom. The van der Waals surface area contributed by atoms with Crippen molar-refractivity contribution in [2.45, 2.75) is 26.4 Å². The van der Waals surface area contributed by atoms with E-state index in [4.69, 9.17) is 0 Å². The molecule has 2 N–H and O–H groups in total. The molecule has 1 unspecified atom stereocenters. The van der Waals surface area contributed by atoms with E-state index in [1.165, 1.54) is 10.4 Å². The molecule has 0 aliphatic carbocycles. The van der Waals surface area contributed by atoms with E-state index in [1.807, 2.05) is 24.8 Å². The first-order chi connectivity index (χ1) is 7.27. The Labute approximate surface area is 92.8 Å². The predicted octanol–water partition coefficient (Wildman–Crippen LogP) is 2.03. The quantitative estimate of drug-likeness (QED) is 0.832. The van der Waals surface area contributed by atoms with Gasteiger partial charge in [0.2, 0.25) is 0 Å². The van der Waals surface area contributed by atoms with Gasteiger partial charge >= 0.3 is 0 Å². The van der Waals surface area contributed by atoms with Crippen LogP contribution in [0.15, 0.2) is 17.9 Å². The second-order valence-corrected chi connectivity index (χ2v) is 4.40. The number of H-pyrrole nitrogens is 1. The van der Waals surface area contributed by atoms with Crippen LogP contribution in [-0.2, 0) is 6.54 Å². The molecular weight excluding hydrogens is 208 g/mol. The molecule has 0 radical (unpaired) electrons. The van der Waals surface area contributed by atoms with E-state index < -0.39 is 0 Å². The van der Waals surface area contributed by atoms with Crippen molar-refractivity contribution in [3.8, 4) is 0 Å². The summed E-state index contributed by atoms with van der Waals surface area (Å²) in [7, 11) is 0. The summed E-state index contributed by atoms with van der Waals surface area (Å²) in [6, 6.07) is 0.340. The van der Waals surface area contributed by atoms with Crippen LogP contribution in [0.5, 0.6) is 0 Å². The van der Waals surface area contributed by atoms with Crippen molar-refractivity contribution in [1.29, 1.82) is 0 Å². The molecule has 2 heterocycles. The molecule has 0 aliphatic heterocycles. The molecule has 2 aromatic rings. The number of thiazole rings is 1. The first-order valence-corrected chi connectivity index (χ1v) is 5.76. The topological polar surface area (TPSA) is 53.6 Å². The molecule has 0 aromatic carbocycles. The highest BCUT2D eigenvalue weighted by molar-refractivity contribution is 7.09. The van der Waals surface area contributed by atoms with Crippen LogP contribution in [0.25, 0.3) is 0 Å². The van der Waals surface area contributed by atoms with E-state index in [1.54, 1.807) is 11.3 Å². The average molecular weight is 222 g/mol. The lowest BCUT2D eigenvalue weighted by atomic mass is 10.2. The molecule has 4 nitrogen and oxygen atoms in total. The number of rotatable bonds is 4. The number of aryl methyl sites for hydroxylation is 1. The van der Waals surface area contributed by atoms with Crippen LogP contribution in [-0.4, -0.2) is 15.2 Å². The predicted molar refractivity (Wildman–Crippen MR) is 60.7 cm³/mol. The third-order valence-electron chi connectivity index (χ3n) is 2.34. The molecule has 2 aromatic heterocycles. The highest BCUT2D eigenvalue weighted by Crippen LogP contribution is 2.21. The van der Waals surface area contributed by atoms with E-state index in [0.29, 0.717) is 6.04 Å². The summed E-state index contributed by atoms with van der Waals surface area (Å²) < 4.78 is 0. The van der Waals surface area contributed by atoms with Crippen molar-refractivity contribution in [2.24, 2.45) is 0 Å². The summed E-state index contributed by atoms with van der Waals surface area (Å²) in [5.41, 5.74) is 4.18. The standard InChI is InChI=1S/C10H14N4S/c1-7(10-8(2)12-6-15-10)11-3-9-4-13-14-5-9/h4-7,11H,3H2,1-2H3,(H,13,14). The summed E-state index contributed by atoms with van der Waals surface area (Å²) >= 11 is 1.70. The molecule has 0 spiro atoms. The van der Waals surface area contributed by atoms with Gasteiger partial charge in [-0.05, 0) is 13.8 Å². The van der Waals surface area contributed by atoms with Gasteiger partial charge in [0.25, 0.3) is 0 Å². The lowest BCUT2D eigenvalue weighted by Gasteiger charge is -2.11. The van der Waals surface area contributed by atoms with Crippen molar-refractivity contribution < 1.29 is 0 Å². The summed E-state index contributed by atoms with van der Waals surface area (Å²) in [5.74, 6) is 0. The zero-order valence-electron chi connectivity index (χ0n) is 8.82. The van der Waals surface area contributed by atoms with E-state index in [9.17, 15) is 0 Å². The minimum atomic E-state index is 0.340. The normalized spacial score (nSPS) is 12.9. The van der Waals surface area contributed by atoms with Crippen LogP contribution in [0.3, 0.4) is 0 Å². The van der Waals surface area contributed by atoms with E-state index in [2.05, 4.69) is 27.4 Å². The number of aromatic amines is 1. The fourth-order valence-electron chi connectivity index (χ4n) is 1.46. The van der Waals surface area contributed by atoms with Gasteiger partial charge in [-0.2, -0.15) is 5.10 Å². The Morgan fingerprint density at radius 1 is 1.60 bits per heavy atom. The van der Waals surface area contributed by atoms with Crippen molar-refractivity contribution in [2.75, 3.05) is 0 Å². The summed E-state index contributed by atoms with van der Waals surface area (Å²) in [5, 5.41) is 10.1. The zero-order valence-corrected chi connectivity index (χ0v) is 9.64. The van der Waals surface area contributed by atoms with Gasteiger partial charge in [0.1, 0.15) is 0 Å². The lowest BCUT2D eigenvalue weighted by Crippen LogP contribution is -2.17. The fraction of sp³-hybridized carbons (Fsp3) is 0.400. The molecule has 0 saturated heterocycles. The van der Waals surface area contributed by atoms with Gasteiger partial charge in [-0.1, -0.05) is 0 Å². The molecule has 0 saturated carbocycles. The van der Waals surface area contributed by atoms with E-state index in [-0.39, 0.29) is 0 Å². The molecule has 0 amide bonds. The molecule has 0 fully saturated rings. The van der Waals surface area contributed by atoms with Crippen LogP contribution in [0.1, 0.15) is 29.1 Å². The number of hydrogen-bond donors (Lipinski definition) is 2. The lowest BCUT2D eigenvalue weighted by molar-refractivity contribution is 0.579. The Balaban J connectivity index is 1.93. The zero-order chi connectivity index (χ0) is 10.7. The molecule has 0 aliphatic rings. The maximum Gasteiger partial charge on any atom is 0.0798 e. The van der Waals surface area contributed by atoms with Crippen molar-refractivity contribution >= 4 is 11.3 Å². The molecule has 0 bridgehead atoms. The number of nitrogens with zero attached hydrogens (tertiary/aromatic N) is 2. The number of hydrogen-bond acceptors (Lipinski definition) is 4. The van der Waals surface area contributed by atoms with Crippen LogP contribution in [0.4, 0.5) is 0 Å². The van der Waals surface area contributed by atoms with Crippen molar-refractivity contribution in [1.82, 2.24) is 20.5 Å². The molecule has 1 atom stereocenters. The van der Waals surface area contributed by atoms with E-state index >= 15 is 0 Å². The van der Waals surface area contributed by atoms with Gasteiger partial charge in [-0.25, -0.2) is 4.98 Å². The van der Waals surface area contributed by atoms with Crippen molar-refractivity contribution in [3.05, 3.63) is 34.0 Å². The third-order valence-corrected chi connectivity index (χ3v) is 3.46. The Kier molecular flexibility index (Phi) is 3.13. The van der Waals surface area contributed by atoms with Gasteiger partial charge in [-0.15, -0.1) is 11.3 Å². The second-order valence-electron chi connectivity index (χ2n) is 3.51. The van der Waals surface area contributed by atoms with Gasteiger partial charge < -0.3 is 5.32 Å². The van der Waals surface area contributed by atoms with Crippen LogP contribution >= 0.6 is 11.3 Å². The van der Waals surface area contributed by atoms with Crippen LogP contribution < -0.4 is 5.32 Å². The van der Waals surface area contributed by atoms with Gasteiger partial charge in [-0.3, -0.25) is 5.10 Å². The number of aromatic nitrogens is 3. The Bertz CT molecular complexity index is 407. The first kappa shape index (κ1) is 10.3. The van der Waals surface area contributed by atoms with Gasteiger partial charge in [0.15, 0.2) is 0 Å². The molecule has 5 heteroatoms. The third kappa shape index (κ3) is 2.43. The SMILES string of the molecule is Cc1ncsc1C(C)NCc1cn[nH]c1. The van der Waals surface area contributed by atoms with Gasteiger partial charge in [0.05, 0.1) is 17.4 Å². The second kappa shape index (κ2) is 4.55. The van der Waals surface area contributed by atoms with Crippen LogP contribution in [0.2, 0.25) is 0 Å². The molecule has 15 heavy (non-hydrogen) atoms. The monoisotopic (exact) mass is 222 g/mol. The maximum absolute atomic E-state index is 4.24. The summed E-state index contributed by atoms with van der Waals surface area (Å²) in [6.45, 7) is 5.03. The molecule has 80 valence electrons. The maximum atomic E-state index is 4.24. The molecular formula is C10H14N4S. The Hall–Kier alpha value is -1.20. The summed E-state index contributed by atoms with van der Waals surface area (Å²) in [6.07, 6.45) is 3.73. The highest BCUT2D eigenvalue weighted by Gasteiger charge is 2.10. The minimum absolute atomic E-state index is 0.340. The highest BCUT2D eigenvalue weighted by atomic mass is 32.1. The van der Waals surface area contributed by atoms with E-state index in [0.717, 1.165) is 12.2 Å².